The van der Waals surface area contributed by atoms with Gasteiger partial charge in [0.05, 0.1) is 11.6 Å². The van der Waals surface area contributed by atoms with Crippen molar-refractivity contribution in [2.24, 2.45) is 5.73 Å². The van der Waals surface area contributed by atoms with Crippen LogP contribution in [0.3, 0.4) is 0 Å². The highest BCUT2D eigenvalue weighted by Gasteiger charge is 2.10. The summed E-state index contributed by atoms with van der Waals surface area (Å²) in [6.07, 6.45) is 0. The Hall–Kier alpha value is -0.240. The van der Waals surface area contributed by atoms with Crippen molar-refractivity contribution in [3.05, 3.63) is 0 Å². The van der Waals surface area contributed by atoms with E-state index in [1.807, 2.05) is 6.92 Å². The zero-order chi connectivity index (χ0) is 10.3. The summed E-state index contributed by atoms with van der Waals surface area (Å²) in [5.74, 6) is -0.311. The minimum absolute atomic E-state index is 0.0380. The summed E-state index contributed by atoms with van der Waals surface area (Å²) in [5.41, 5.74) is 5.09. The zero-order valence-corrected chi connectivity index (χ0v) is 9.08. The molecule has 0 saturated carbocycles. The number of sulfonamides is 1. The van der Waals surface area contributed by atoms with E-state index in [1.165, 1.54) is 0 Å². The van der Waals surface area contributed by atoms with E-state index < -0.39 is 10.0 Å². The van der Waals surface area contributed by atoms with Crippen LogP contribution in [0.4, 0.5) is 0 Å². The van der Waals surface area contributed by atoms with Gasteiger partial charge in [0.2, 0.25) is 10.0 Å². The third-order valence-electron chi connectivity index (χ3n) is 1.10. The molecule has 0 heterocycles. The van der Waals surface area contributed by atoms with Gasteiger partial charge in [0, 0.05) is 13.2 Å². The zero-order valence-electron chi connectivity index (χ0n) is 7.45. The molecule has 0 aliphatic carbocycles. The first-order valence-corrected chi connectivity index (χ1v) is 5.87. The third kappa shape index (κ3) is 8.10. The topological polar surface area (TPSA) is 81.4 Å². The van der Waals surface area contributed by atoms with E-state index in [0.29, 0.717) is 13.2 Å². The van der Waals surface area contributed by atoms with Crippen LogP contribution < -0.4 is 10.5 Å². The number of thiocarbonyl (C=S) groups is 1. The van der Waals surface area contributed by atoms with Gasteiger partial charge in [-0.25, -0.2) is 13.1 Å². The SMILES string of the molecule is CCOCCNS(=O)(=O)CC(N)=S. The number of nitrogens with two attached hydrogens (primary N) is 1. The second-order valence-corrected chi connectivity index (χ2v) is 4.65. The maximum atomic E-state index is 11.1. The minimum atomic E-state index is -3.36. The second kappa shape index (κ2) is 6.25. The molecule has 0 amide bonds. The van der Waals surface area contributed by atoms with Crippen LogP contribution in [-0.2, 0) is 14.8 Å². The summed E-state index contributed by atoms with van der Waals surface area (Å²) >= 11 is 4.47. The van der Waals surface area contributed by atoms with Crippen LogP contribution in [0.15, 0.2) is 0 Å². The van der Waals surface area contributed by atoms with Crippen LogP contribution in [0.25, 0.3) is 0 Å². The molecular formula is C6H14N2O3S2. The predicted octanol–water partition coefficient (Wildman–Crippen LogP) is -0.772. The standard InChI is InChI=1S/C6H14N2O3S2/c1-2-11-4-3-8-13(9,10)5-6(7)12/h8H,2-5H2,1H3,(H2,7,12). The van der Waals surface area contributed by atoms with Crippen molar-refractivity contribution < 1.29 is 13.2 Å². The molecule has 0 radical (unpaired) electrons. The largest absolute Gasteiger partial charge is 0.392 e. The van der Waals surface area contributed by atoms with Crippen LogP contribution in [0.5, 0.6) is 0 Å². The van der Waals surface area contributed by atoms with E-state index in [2.05, 4.69) is 16.9 Å². The van der Waals surface area contributed by atoms with Crippen molar-refractivity contribution in [3.8, 4) is 0 Å². The number of nitrogens with one attached hydrogen (secondary N) is 1. The first kappa shape index (κ1) is 12.8. The molecule has 0 aromatic rings. The second-order valence-electron chi connectivity index (χ2n) is 2.32. The molecule has 3 N–H and O–H groups in total. The molecule has 7 heteroatoms. The van der Waals surface area contributed by atoms with Gasteiger partial charge in [-0.3, -0.25) is 0 Å². The van der Waals surface area contributed by atoms with Crippen LogP contribution in [0.1, 0.15) is 6.92 Å². The fourth-order valence-electron chi connectivity index (χ4n) is 0.652. The Morgan fingerprint density at radius 3 is 2.69 bits per heavy atom. The summed E-state index contributed by atoms with van der Waals surface area (Å²) in [7, 11) is -3.36. The lowest BCUT2D eigenvalue weighted by Gasteiger charge is -2.05. The average Bonchev–Trinajstić information content (AvgIpc) is 1.95. The number of hydrogen-bond acceptors (Lipinski definition) is 4. The quantitative estimate of drug-likeness (QED) is 0.440. The third-order valence-corrected chi connectivity index (χ3v) is 2.77. The van der Waals surface area contributed by atoms with E-state index in [9.17, 15) is 8.42 Å². The molecule has 0 aromatic carbocycles. The van der Waals surface area contributed by atoms with Gasteiger partial charge in [0.25, 0.3) is 0 Å². The van der Waals surface area contributed by atoms with Gasteiger partial charge < -0.3 is 10.5 Å². The van der Waals surface area contributed by atoms with Gasteiger partial charge >= 0.3 is 0 Å². The van der Waals surface area contributed by atoms with Crippen molar-refractivity contribution in [2.45, 2.75) is 6.92 Å². The molecule has 0 atom stereocenters. The summed E-state index contributed by atoms with van der Waals surface area (Å²) in [4.78, 5) is -0.0380. The number of ether oxygens (including phenoxy) is 1. The normalized spacial score (nSPS) is 11.5. The van der Waals surface area contributed by atoms with Gasteiger partial charge in [-0.05, 0) is 6.92 Å². The fraction of sp³-hybridized carbons (Fsp3) is 0.833. The van der Waals surface area contributed by atoms with Crippen LogP contribution >= 0.6 is 12.2 Å². The predicted molar refractivity (Wildman–Crippen MR) is 55.1 cm³/mol. The molecule has 0 spiro atoms. The molecule has 0 unspecified atom stereocenters. The summed E-state index contributed by atoms with van der Waals surface area (Å²) in [5, 5.41) is 0. The smallest absolute Gasteiger partial charge is 0.218 e. The van der Waals surface area contributed by atoms with Gasteiger partial charge in [0.1, 0.15) is 5.75 Å². The Morgan fingerprint density at radius 1 is 1.62 bits per heavy atom. The first-order valence-electron chi connectivity index (χ1n) is 3.81. The van der Waals surface area contributed by atoms with E-state index >= 15 is 0 Å². The van der Waals surface area contributed by atoms with E-state index in [4.69, 9.17) is 10.5 Å². The van der Waals surface area contributed by atoms with Crippen LogP contribution in [-0.4, -0.2) is 38.9 Å². The molecule has 0 aliphatic rings. The molecule has 0 fully saturated rings. The highest BCUT2D eigenvalue weighted by Crippen LogP contribution is 1.84. The summed E-state index contributed by atoms with van der Waals surface area (Å²) < 4.78 is 29.4. The van der Waals surface area contributed by atoms with E-state index in [-0.39, 0.29) is 17.3 Å². The molecule has 0 aromatic heterocycles. The first-order chi connectivity index (χ1) is 5.98. The Kier molecular flexibility index (Phi) is 6.13. The molecule has 0 rings (SSSR count). The maximum Gasteiger partial charge on any atom is 0.218 e. The molecule has 5 nitrogen and oxygen atoms in total. The van der Waals surface area contributed by atoms with Gasteiger partial charge in [-0.1, -0.05) is 12.2 Å². The van der Waals surface area contributed by atoms with Crippen molar-refractivity contribution in [2.75, 3.05) is 25.5 Å². The highest BCUT2D eigenvalue weighted by molar-refractivity contribution is 7.92. The Labute approximate surface area is 83.7 Å². The lowest BCUT2D eigenvalue weighted by Crippen LogP contribution is -2.34. The molecule has 0 bridgehead atoms. The van der Waals surface area contributed by atoms with Crippen LogP contribution in [0.2, 0.25) is 0 Å². The lowest BCUT2D eigenvalue weighted by atomic mass is 10.7. The lowest BCUT2D eigenvalue weighted by molar-refractivity contribution is 0.153. The van der Waals surface area contributed by atoms with Crippen LogP contribution in [0, 0.1) is 0 Å². The van der Waals surface area contributed by atoms with E-state index in [0.717, 1.165) is 0 Å². The Balaban J connectivity index is 3.71. The summed E-state index contributed by atoms with van der Waals surface area (Å²) in [6.45, 7) is 3.01. The van der Waals surface area contributed by atoms with Gasteiger partial charge in [0.15, 0.2) is 0 Å². The highest BCUT2D eigenvalue weighted by atomic mass is 32.2. The molecule has 0 saturated heterocycles. The van der Waals surface area contributed by atoms with Crippen molar-refractivity contribution in [3.63, 3.8) is 0 Å². The van der Waals surface area contributed by atoms with Gasteiger partial charge in [-0.2, -0.15) is 0 Å². The maximum absolute atomic E-state index is 11.1. The number of rotatable bonds is 7. The fourth-order valence-corrected chi connectivity index (χ4v) is 1.99. The molecule has 13 heavy (non-hydrogen) atoms. The molecular weight excluding hydrogens is 212 g/mol. The average molecular weight is 226 g/mol. The Bertz CT molecular complexity index is 251. The Morgan fingerprint density at radius 2 is 2.23 bits per heavy atom. The van der Waals surface area contributed by atoms with Crippen molar-refractivity contribution >= 4 is 27.2 Å². The molecule has 0 aliphatic heterocycles. The monoisotopic (exact) mass is 226 g/mol. The van der Waals surface area contributed by atoms with Crippen molar-refractivity contribution in [1.82, 2.24) is 4.72 Å². The minimum Gasteiger partial charge on any atom is -0.392 e. The van der Waals surface area contributed by atoms with Crippen molar-refractivity contribution in [1.29, 1.82) is 0 Å². The number of hydrogen-bond donors (Lipinski definition) is 2. The summed E-state index contributed by atoms with van der Waals surface area (Å²) in [6, 6.07) is 0. The van der Waals surface area contributed by atoms with Gasteiger partial charge in [-0.15, -0.1) is 0 Å². The molecule has 78 valence electrons. The van der Waals surface area contributed by atoms with E-state index in [1.54, 1.807) is 0 Å².